The van der Waals surface area contributed by atoms with Crippen LogP contribution in [0.1, 0.15) is 18.2 Å². The van der Waals surface area contributed by atoms with Gasteiger partial charge >= 0.3 is 0 Å². The molecule has 0 bridgehead atoms. The molecule has 0 aliphatic heterocycles. The minimum absolute atomic E-state index is 0. The highest BCUT2D eigenvalue weighted by Gasteiger charge is 2.08. The quantitative estimate of drug-likeness (QED) is 0.382. The van der Waals surface area contributed by atoms with Gasteiger partial charge in [-0.2, -0.15) is 0 Å². The zero-order valence-corrected chi connectivity index (χ0v) is 16.9. The zero-order chi connectivity index (χ0) is 17.2. The lowest BCUT2D eigenvalue weighted by molar-refractivity contribution is -0.119. The number of amides is 1. The van der Waals surface area contributed by atoms with Gasteiger partial charge in [-0.15, -0.1) is 24.0 Å². The van der Waals surface area contributed by atoms with E-state index < -0.39 is 0 Å². The number of hydrogen-bond acceptors (Lipinski definition) is 3. The molecule has 0 saturated carbocycles. The highest BCUT2D eigenvalue weighted by Crippen LogP contribution is 2.03. The molecule has 0 unspecified atom stereocenters. The van der Waals surface area contributed by atoms with Gasteiger partial charge in [-0.1, -0.05) is 30.3 Å². The summed E-state index contributed by atoms with van der Waals surface area (Å²) in [6.45, 7) is 3.91. The van der Waals surface area contributed by atoms with Crippen molar-refractivity contribution in [1.29, 1.82) is 0 Å². The lowest BCUT2D eigenvalue weighted by atomic mass is 10.2. The Labute approximate surface area is 165 Å². The molecular formula is C18H25IN4O2. The maximum absolute atomic E-state index is 11.9. The molecule has 25 heavy (non-hydrogen) atoms. The van der Waals surface area contributed by atoms with E-state index >= 15 is 0 Å². The third-order valence-corrected chi connectivity index (χ3v) is 3.37. The van der Waals surface area contributed by atoms with Gasteiger partial charge in [0.15, 0.2) is 5.96 Å². The highest BCUT2D eigenvalue weighted by atomic mass is 127. The number of hydrogen-bond donors (Lipinski definition) is 2. The van der Waals surface area contributed by atoms with Crippen LogP contribution in [-0.4, -0.2) is 36.9 Å². The van der Waals surface area contributed by atoms with E-state index in [9.17, 15) is 4.79 Å². The first-order chi connectivity index (χ1) is 11.7. The number of guanidine groups is 1. The SMILES string of the molecule is CCNC(=NCC(=O)NCc1ccco1)N(C)Cc1ccccc1.I. The minimum atomic E-state index is -0.144. The van der Waals surface area contributed by atoms with Crippen LogP contribution in [0.5, 0.6) is 0 Å². The van der Waals surface area contributed by atoms with E-state index in [1.807, 2.05) is 43.1 Å². The number of halogens is 1. The summed E-state index contributed by atoms with van der Waals surface area (Å²) in [6.07, 6.45) is 1.58. The van der Waals surface area contributed by atoms with Crippen molar-refractivity contribution in [3.05, 3.63) is 60.1 Å². The molecule has 1 heterocycles. The third kappa shape index (κ3) is 7.59. The normalized spacial score (nSPS) is 10.7. The average Bonchev–Trinajstić information content (AvgIpc) is 3.11. The van der Waals surface area contributed by atoms with Gasteiger partial charge < -0.3 is 20.0 Å². The molecule has 2 aromatic rings. The Morgan fingerprint density at radius 3 is 2.56 bits per heavy atom. The summed E-state index contributed by atoms with van der Waals surface area (Å²) in [6, 6.07) is 13.8. The molecular weight excluding hydrogens is 431 g/mol. The van der Waals surface area contributed by atoms with Gasteiger partial charge in [0.1, 0.15) is 12.3 Å². The third-order valence-electron chi connectivity index (χ3n) is 3.37. The van der Waals surface area contributed by atoms with Crippen LogP contribution in [0.4, 0.5) is 0 Å². The van der Waals surface area contributed by atoms with E-state index in [0.29, 0.717) is 12.5 Å². The molecule has 0 aliphatic carbocycles. The molecule has 0 aliphatic rings. The van der Waals surface area contributed by atoms with Crippen LogP contribution in [0.3, 0.4) is 0 Å². The van der Waals surface area contributed by atoms with E-state index in [-0.39, 0.29) is 36.4 Å². The van der Waals surface area contributed by atoms with Crippen molar-refractivity contribution in [3.8, 4) is 0 Å². The van der Waals surface area contributed by atoms with Crippen molar-refractivity contribution in [1.82, 2.24) is 15.5 Å². The molecule has 0 fully saturated rings. The molecule has 0 radical (unpaired) electrons. The summed E-state index contributed by atoms with van der Waals surface area (Å²) < 4.78 is 5.18. The van der Waals surface area contributed by atoms with E-state index in [0.717, 1.165) is 18.8 Å². The van der Waals surface area contributed by atoms with E-state index in [4.69, 9.17) is 4.42 Å². The Balaban J connectivity index is 0.00000312. The Kier molecular flexibility index (Phi) is 9.68. The second-order valence-corrected chi connectivity index (χ2v) is 5.37. The average molecular weight is 456 g/mol. The van der Waals surface area contributed by atoms with Gasteiger partial charge in [0, 0.05) is 20.1 Å². The van der Waals surface area contributed by atoms with Crippen LogP contribution in [0.15, 0.2) is 58.1 Å². The van der Waals surface area contributed by atoms with Crippen LogP contribution < -0.4 is 10.6 Å². The van der Waals surface area contributed by atoms with Crippen molar-refractivity contribution in [2.24, 2.45) is 4.99 Å². The second kappa shape index (κ2) is 11.5. The first-order valence-electron chi connectivity index (χ1n) is 8.01. The fourth-order valence-electron chi connectivity index (χ4n) is 2.20. The molecule has 0 spiro atoms. The van der Waals surface area contributed by atoms with Crippen LogP contribution in [-0.2, 0) is 17.9 Å². The maximum atomic E-state index is 11.9. The first kappa shape index (κ1) is 21.0. The van der Waals surface area contributed by atoms with Gasteiger partial charge in [0.25, 0.3) is 0 Å². The Morgan fingerprint density at radius 2 is 1.92 bits per heavy atom. The molecule has 0 saturated heterocycles. The van der Waals surface area contributed by atoms with Crippen molar-refractivity contribution in [2.75, 3.05) is 20.1 Å². The number of furan rings is 1. The number of nitrogens with one attached hydrogen (secondary N) is 2. The van der Waals surface area contributed by atoms with E-state index in [1.54, 1.807) is 12.3 Å². The number of benzene rings is 1. The summed E-state index contributed by atoms with van der Waals surface area (Å²) >= 11 is 0. The van der Waals surface area contributed by atoms with Gasteiger partial charge in [0.2, 0.25) is 5.91 Å². The summed E-state index contributed by atoms with van der Waals surface area (Å²) in [5.74, 6) is 1.28. The molecule has 136 valence electrons. The predicted octanol–water partition coefficient (Wildman–Crippen LogP) is 2.61. The molecule has 2 N–H and O–H groups in total. The summed E-state index contributed by atoms with van der Waals surface area (Å²) in [5, 5.41) is 5.99. The van der Waals surface area contributed by atoms with Gasteiger partial charge in [-0.3, -0.25) is 4.79 Å². The zero-order valence-electron chi connectivity index (χ0n) is 14.6. The molecule has 1 aromatic carbocycles. The Morgan fingerprint density at radius 1 is 1.16 bits per heavy atom. The van der Waals surface area contributed by atoms with Crippen LogP contribution in [0, 0.1) is 0 Å². The van der Waals surface area contributed by atoms with Crippen molar-refractivity contribution < 1.29 is 9.21 Å². The standard InChI is InChI=1S/C18H24N4O2.HI/c1-3-19-18(22(2)14-15-8-5-4-6-9-15)21-13-17(23)20-12-16-10-7-11-24-16;/h4-11H,3,12-14H2,1-2H3,(H,19,21)(H,20,23);1H. The topological polar surface area (TPSA) is 69.9 Å². The number of carbonyl (C=O) groups excluding carboxylic acids is 1. The largest absolute Gasteiger partial charge is 0.467 e. The van der Waals surface area contributed by atoms with E-state index in [2.05, 4.69) is 27.8 Å². The Bertz CT molecular complexity index is 644. The van der Waals surface area contributed by atoms with Crippen LogP contribution >= 0.6 is 24.0 Å². The number of rotatable bonds is 7. The number of nitrogens with zero attached hydrogens (tertiary/aromatic N) is 2. The first-order valence-corrected chi connectivity index (χ1v) is 8.01. The second-order valence-electron chi connectivity index (χ2n) is 5.37. The maximum Gasteiger partial charge on any atom is 0.242 e. The molecule has 2 rings (SSSR count). The monoisotopic (exact) mass is 456 g/mol. The lowest BCUT2D eigenvalue weighted by Crippen LogP contribution is -2.39. The number of aliphatic imine (C=N–C) groups is 1. The van der Waals surface area contributed by atoms with Crippen molar-refractivity contribution in [3.63, 3.8) is 0 Å². The molecule has 1 amide bonds. The smallest absolute Gasteiger partial charge is 0.242 e. The Hall–Kier alpha value is -2.03. The summed E-state index contributed by atoms with van der Waals surface area (Å²) in [5.41, 5.74) is 1.19. The molecule has 7 heteroatoms. The molecule has 0 atom stereocenters. The summed E-state index contributed by atoms with van der Waals surface area (Å²) in [7, 11) is 1.95. The lowest BCUT2D eigenvalue weighted by Gasteiger charge is -2.22. The molecule has 1 aromatic heterocycles. The van der Waals surface area contributed by atoms with Gasteiger partial charge in [-0.25, -0.2) is 4.99 Å². The van der Waals surface area contributed by atoms with E-state index in [1.165, 1.54) is 5.56 Å². The van der Waals surface area contributed by atoms with Crippen LogP contribution in [0.25, 0.3) is 0 Å². The van der Waals surface area contributed by atoms with Crippen molar-refractivity contribution in [2.45, 2.75) is 20.0 Å². The van der Waals surface area contributed by atoms with Gasteiger partial charge in [0.05, 0.1) is 12.8 Å². The minimum Gasteiger partial charge on any atom is -0.467 e. The molecule has 6 nitrogen and oxygen atoms in total. The fourth-order valence-corrected chi connectivity index (χ4v) is 2.20. The summed E-state index contributed by atoms with van der Waals surface area (Å²) in [4.78, 5) is 18.3. The fraction of sp³-hybridized carbons (Fsp3) is 0.333. The van der Waals surface area contributed by atoms with Crippen LogP contribution in [0.2, 0.25) is 0 Å². The van der Waals surface area contributed by atoms with Crippen molar-refractivity contribution >= 4 is 35.8 Å². The predicted molar refractivity (Wildman–Crippen MR) is 110 cm³/mol. The number of carbonyl (C=O) groups is 1. The van der Waals surface area contributed by atoms with Gasteiger partial charge in [-0.05, 0) is 24.6 Å². The highest BCUT2D eigenvalue weighted by molar-refractivity contribution is 14.0.